The minimum atomic E-state index is -4.51. The van der Waals surface area contributed by atoms with Crippen LogP contribution in [0.25, 0.3) is 0 Å². The van der Waals surface area contributed by atoms with E-state index in [0.717, 1.165) is 12.1 Å². The number of halogens is 3. The van der Waals surface area contributed by atoms with Gasteiger partial charge in [0.15, 0.2) is 6.61 Å². The summed E-state index contributed by atoms with van der Waals surface area (Å²) in [4.78, 5) is 23.5. The van der Waals surface area contributed by atoms with Crippen LogP contribution in [0.1, 0.15) is 15.9 Å². The van der Waals surface area contributed by atoms with Crippen molar-refractivity contribution in [1.82, 2.24) is 0 Å². The largest absolute Gasteiger partial charge is 0.497 e. The molecular weight excluding hydrogens is 339 g/mol. The molecule has 0 aliphatic heterocycles. The van der Waals surface area contributed by atoms with Crippen molar-refractivity contribution in [2.75, 3.05) is 19.0 Å². The standard InChI is InChI=1S/C17H14F3NO4/c1-24-14-7-5-11(6-8-14)16(23)25-10-15(22)21-13-4-2-3-12(9-13)17(18,19)20/h2-9H,10H2,1H3,(H,21,22). The average Bonchev–Trinajstić information content (AvgIpc) is 2.59. The highest BCUT2D eigenvalue weighted by Gasteiger charge is 2.30. The first-order valence-corrected chi connectivity index (χ1v) is 7.08. The topological polar surface area (TPSA) is 64.6 Å². The van der Waals surface area contributed by atoms with Crippen LogP contribution in [0.4, 0.5) is 18.9 Å². The summed E-state index contributed by atoms with van der Waals surface area (Å²) in [5.74, 6) is -0.929. The van der Waals surface area contributed by atoms with Crippen LogP contribution in [0, 0.1) is 0 Å². The van der Waals surface area contributed by atoms with Crippen LogP contribution >= 0.6 is 0 Å². The van der Waals surface area contributed by atoms with E-state index < -0.39 is 30.2 Å². The van der Waals surface area contributed by atoms with Gasteiger partial charge in [-0.15, -0.1) is 0 Å². The molecule has 0 heterocycles. The Bertz CT molecular complexity index is 757. The Hall–Kier alpha value is -3.03. The van der Waals surface area contributed by atoms with E-state index in [0.29, 0.717) is 5.75 Å². The van der Waals surface area contributed by atoms with E-state index >= 15 is 0 Å². The van der Waals surface area contributed by atoms with Crippen molar-refractivity contribution >= 4 is 17.6 Å². The minimum absolute atomic E-state index is 0.0414. The van der Waals surface area contributed by atoms with Gasteiger partial charge in [0.1, 0.15) is 5.75 Å². The smallest absolute Gasteiger partial charge is 0.416 e. The molecule has 1 N–H and O–H groups in total. The second-order valence-corrected chi connectivity index (χ2v) is 4.93. The predicted molar refractivity (Wildman–Crippen MR) is 83.4 cm³/mol. The summed E-state index contributed by atoms with van der Waals surface area (Å²) in [5.41, 5.74) is -0.714. The third-order valence-electron chi connectivity index (χ3n) is 3.13. The molecule has 0 unspecified atom stereocenters. The van der Waals surface area contributed by atoms with Crippen molar-refractivity contribution in [2.45, 2.75) is 6.18 Å². The number of methoxy groups -OCH3 is 1. The Morgan fingerprint density at radius 3 is 2.36 bits per heavy atom. The van der Waals surface area contributed by atoms with Gasteiger partial charge in [0.2, 0.25) is 0 Å². The maximum absolute atomic E-state index is 12.6. The van der Waals surface area contributed by atoms with Crippen LogP contribution < -0.4 is 10.1 Å². The first kappa shape index (κ1) is 18.3. The minimum Gasteiger partial charge on any atom is -0.497 e. The molecule has 0 radical (unpaired) electrons. The molecule has 132 valence electrons. The van der Waals surface area contributed by atoms with Gasteiger partial charge >= 0.3 is 12.1 Å². The van der Waals surface area contributed by atoms with Crippen molar-refractivity contribution in [2.24, 2.45) is 0 Å². The summed E-state index contributed by atoms with van der Waals surface area (Å²) in [7, 11) is 1.48. The van der Waals surface area contributed by atoms with Gasteiger partial charge in [0.05, 0.1) is 18.2 Å². The molecule has 0 fully saturated rings. The number of rotatable bonds is 5. The molecule has 2 aromatic rings. The Labute approximate surface area is 141 Å². The monoisotopic (exact) mass is 353 g/mol. The fraction of sp³-hybridized carbons (Fsp3) is 0.176. The predicted octanol–water partition coefficient (Wildman–Crippen LogP) is 3.51. The van der Waals surface area contributed by atoms with E-state index in [2.05, 4.69) is 5.32 Å². The Balaban J connectivity index is 1.91. The highest BCUT2D eigenvalue weighted by atomic mass is 19.4. The van der Waals surface area contributed by atoms with Crippen molar-refractivity contribution < 1.29 is 32.2 Å². The Kier molecular flexibility index (Phi) is 5.63. The number of ether oxygens (including phenoxy) is 2. The molecule has 0 saturated carbocycles. The SMILES string of the molecule is COc1ccc(C(=O)OCC(=O)Nc2cccc(C(F)(F)F)c2)cc1. The Morgan fingerprint density at radius 1 is 1.08 bits per heavy atom. The summed E-state index contributed by atoms with van der Waals surface area (Å²) in [6, 6.07) is 10.2. The van der Waals surface area contributed by atoms with E-state index in [1.54, 1.807) is 12.1 Å². The summed E-state index contributed by atoms with van der Waals surface area (Å²) < 4.78 is 47.6. The van der Waals surface area contributed by atoms with E-state index in [4.69, 9.17) is 9.47 Å². The third kappa shape index (κ3) is 5.23. The van der Waals surface area contributed by atoms with E-state index in [1.165, 1.54) is 31.4 Å². The quantitative estimate of drug-likeness (QED) is 0.836. The van der Waals surface area contributed by atoms with Crippen molar-refractivity contribution in [3.63, 3.8) is 0 Å². The van der Waals surface area contributed by atoms with Crippen LogP contribution in [0.5, 0.6) is 5.75 Å². The van der Waals surface area contributed by atoms with Crippen LogP contribution in [0.2, 0.25) is 0 Å². The number of nitrogens with one attached hydrogen (secondary N) is 1. The third-order valence-corrected chi connectivity index (χ3v) is 3.13. The van der Waals surface area contributed by atoms with Gasteiger partial charge in [0, 0.05) is 5.69 Å². The number of anilines is 1. The van der Waals surface area contributed by atoms with Crippen LogP contribution in [-0.4, -0.2) is 25.6 Å². The molecule has 0 aliphatic carbocycles. The van der Waals surface area contributed by atoms with Gasteiger partial charge in [-0.1, -0.05) is 6.07 Å². The molecule has 2 rings (SSSR count). The number of esters is 1. The Morgan fingerprint density at radius 2 is 1.76 bits per heavy atom. The highest BCUT2D eigenvalue weighted by Crippen LogP contribution is 2.30. The molecule has 5 nitrogen and oxygen atoms in total. The number of alkyl halides is 3. The van der Waals surface area contributed by atoms with Crippen LogP contribution in [-0.2, 0) is 15.7 Å². The van der Waals surface area contributed by atoms with Gasteiger partial charge in [0.25, 0.3) is 5.91 Å². The lowest BCUT2D eigenvalue weighted by atomic mass is 10.2. The van der Waals surface area contributed by atoms with Crippen LogP contribution in [0.3, 0.4) is 0 Å². The normalized spacial score (nSPS) is 10.9. The molecule has 1 amide bonds. The van der Waals surface area contributed by atoms with Gasteiger partial charge in [-0.05, 0) is 42.5 Å². The highest BCUT2D eigenvalue weighted by molar-refractivity contribution is 5.95. The number of hydrogen-bond acceptors (Lipinski definition) is 4. The zero-order valence-corrected chi connectivity index (χ0v) is 13.1. The maximum Gasteiger partial charge on any atom is 0.416 e. The number of amides is 1. The second kappa shape index (κ2) is 7.69. The lowest BCUT2D eigenvalue weighted by Crippen LogP contribution is -2.21. The molecule has 2 aromatic carbocycles. The lowest BCUT2D eigenvalue weighted by molar-refractivity contribution is -0.137. The summed E-state index contributed by atoms with van der Waals surface area (Å²) in [6.07, 6.45) is -4.51. The van der Waals surface area contributed by atoms with Crippen LogP contribution in [0.15, 0.2) is 48.5 Å². The summed E-state index contributed by atoms with van der Waals surface area (Å²) in [6.45, 7) is -0.624. The molecule has 8 heteroatoms. The van der Waals surface area contributed by atoms with Crippen molar-refractivity contribution in [3.8, 4) is 5.75 Å². The molecule has 25 heavy (non-hydrogen) atoms. The number of carbonyl (C=O) groups excluding carboxylic acids is 2. The maximum atomic E-state index is 12.6. The van der Waals surface area contributed by atoms with Crippen molar-refractivity contribution in [1.29, 1.82) is 0 Å². The molecule has 0 aromatic heterocycles. The van der Waals surface area contributed by atoms with E-state index in [9.17, 15) is 22.8 Å². The van der Waals surface area contributed by atoms with E-state index in [-0.39, 0.29) is 11.3 Å². The molecule has 0 bridgehead atoms. The lowest BCUT2D eigenvalue weighted by Gasteiger charge is -2.10. The molecular formula is C17H14F3NO4. The van der Waals surface area contributed by atoms with Gasteiger partial charge in [-0.25, -0.2) is 4.79 Å². The zero-order chi connectivity index (χ0) is 18.4. The molecule has 0 aliphatic rings. The first-order valence-electron chi connectivity index (χ1n) is 7.08. The average molecular weight is 353 g/mol. The molecule has 0 spiro atoms. The van der Waals surface area contributed by atoms with E-state index in [1.807, 2.05) is 0 Å². The number of carbonyl (C=O) groups is 2. The molecule has 0 atom stereocenters. The second-order valence-electron chi connectivity index (χ2n) is 4.93. The number of benzene rings is 2. The van der Waals surface area contributed by atoms with Gasteiger partial charge < -0.3 is 14.8 Å². The van der Waals surface area contributed by atoms with Gasteiger partial charge in [-0.2, -0.15) is 13.2 Å². The van der Waals surface area contributed by atoms with Crippen molar-refractivity contribution in [3.05, 3.63) is 59.7 Å². The zero-order valence-electron chi connectivity index (χ0n) is 13.1. The fourth-order valence-corrected chi connectivity index (χ4v) is 1.91. The number of hydrogen-bond donors (Lipinski definition) is 1. The van der Waals surface area contributed by atoms with Gasteiger partial charge in [-0.3, -0.25) is 4.79 Å². The molecule has 0 saturated heterocycles. The first-order chi connectivity index (χ1) is 11.8. The summed E-state index contributed by atoms with van der Waals surface area (Å²) >= 11 is 0. The fourth-order valence-electron chi connectivity index (χ4n) is 1.91. The summed E-state index contributed by atoms with van der Waals surface area (Å²) in [5, 5.41) is 2.24.